The first-order valence-corrected chi connectivity index (χ1v) is 21.0. The van der Waals surface area contributed by atoms with E-state index < -0.39 is 32.4 Å². The Bertz CT molecular complexity index is 1720. The highest BCUT2D eigenvalue weighted by atomic mass is 32.2. The van der Waals surface area contributed by atoms with Gasteiger partial charge in [0.15, 0.2) is 0 Å². The fourth-order valence-electron chi connectivity index (χ4n) is 10.9. The molecule has 0 heterocycles. The van der Waals surface area contributed by atoms with Gasteiger partial charge in [-0.2, -0.15) is 16.8 Å². The molecule has 2 aromatic carbocycles. The highest BCUT2D eigenvalue weighted by Crippen LogP contribution is 2.69. The van der Waals surface area contributed by atoms with Crippen LogP contribution in [0.1, 0.15) is 96.1 Å². The molecule has 0 radical (unpaired) electrons. The van der Waals surface area contributed by atoms with Crippen molar-refractivity contribution in [3.63, 3.8) is 0 Å². The van der Waals surface area contributed by atoms with E-state index in [1.165, 1.54) is 7.11 Å². The summed E-state index contributed by atoms with van der Waals surface area (Å²) in [4.78, 5) is 12.2. The molecule has 0 spiro atoms. The summed E-state index contributed by atoms with van der Waals surface area (Å²) < 4.78 is 71.7. The maximum atomic E-state index is 13.9. The molecule has 4 aliphatic carbocycles. The maximum Gasteiger partial charge on any atom is 0.305 e. The Morgan fingerprint density at radius 3 is 1.90 bits per heavy atom. The van der Waals surface area contributed by atoms with Gasteiger partial charge < -0.3 is 4.74 Å². The molecule has 0 aromatic heterocycles. The lowest BCUT2D eigenvalue weighted by atomic mass is 9.43. The van der Waals surface area contributed by atoms with Gasteiger partial charge in [0.2, 0.25) is 0 Å². The van der Waals surface area contributed by atoms with Gasteiger partial charge >= 0.3 is 5.97 Å². The van der Waals surface area contributed by atoms with Crippen LogP contribution in [0.15, 0.2) is 58.3 Å². The summed E-state index contributed by atoms with van der Waals surface area (Å²) in [6.07, 6.45) is 6.81. The Hall–Kier alpha value is -2.27. The zero-order valence-corrected chi connectivity index (χ0v) is 31.5. The quantitative estimate of drug-likeness (QED) is 0.180. The largest absolute Gasteiger partial charge is 0.469 e. The van der Waals surface area contributed by atoms with E-state index in [9.17, 15) is 21.6 Å². The van der Waals surface area contributed by atoms with Gasteiger partial charge in [0, 0.05) is 6.42 Å². The van der Waals surface area contributed by atoms with E-state index in [4.69, 9.17) is 13.1 Å². The van der Waals surface area contributed by atoms with Crippen molar-refractivity contribution in [3.8, 4) is 0 Å². The zero-order chi connectivity index (χ0) is 35.4. The fraction of sp³-hybridized carbons (Fsp3) is 0.667. The monoisotopic (exact) mass is 714 g/mol. The van der Waals surface area contributed by atoms with Crippen LogP contribution >= 0.6 is 0 Å². The van der Waals surface area contributed by atoms with Crippen molar-refractivity contribution in [2.75, 3.05) is 7.11 Å². The normalized spacial score (nSPS) is 35.1. The highest BCUT2D eigenvalue weighted by molar-refractivity contribution is 7.87. The fourth-order valence-corrected chi connectivity index (χ4v) is 13.1. The van der Waals surface area contributed by atoms with Crippen molar-refractivity contribution in [1.29, 1.82) is 0 Å². The van der Waals surface area contributed by atoms with Crippen molar-refractivity contribution >= 4 is 26.2 Å². The molecule has 4 aliphatic rings. The van der Waals surface area contributed by atoms with E-state index in [0.717, 1.165) is 49.7 Å². The number of carbonyl (C=O) groups is 1. The minimum atomic E-state index is -4.07. The van der Waals surface area contributed by atoms with E-state index >= 15 is 0 Å². The maximum absolute atomic E-state index is 13.9. The molecule has 10 heteroatoms. The average Bonchev–Trinajstić information content (AvgIpc) is 3.41. The number of carbonyl (C=O) groups excluding carboxylic acids is 1. The van der Waals surface area contributed by atoms with Crippen LogP contribution in [0.5, 0.6) is 0 Å². The summed E-state index contributed by atoms with van der Waals surface area (Å²) in [5, 5.41) is 0. The third-order valence-corrected chi connectivity index (χ3v) is 16.3. The van der Waals surface area contributed by atoms with E-state index in [2.05, 4.69) is 20.8 Å². The first kappa shape index (κ1) is 36.5. The van der Waals surface area contributed by atoms with Gasteiger partial charge in [-0.1, -0.05) is 56.2 Å². The molecule has 49 heavy (non-hydrogen) atoms. The van der Waals surface area contributed by atoms with E-state index in [0.29, 0.717) is 55.3 Å². The number of hydrogen-bond donors (Lipinski definition) is 0. The molecular formula is C39H54O8S2. The molecule has 4 fully saturated rings. The molecule has 4 saturated carbocycles. The average molecular weight is 715 g/mol. The summed E-state index contributed by atoms with van der Waals surface area (Å²) in [6, 6.07) is 13.4. The number of benzene rings is 2. The Labute approximate surface area is 293 Å². The van der Waals surface area contributed by atoms with Crippen molar-refractivity contribution in [2.45, 2.75) is 121 Å². The van der Waals surface area contributed by atoms with Gasteiger partial charge in [0.1, 0.15) is 0 Å². The van der Waals surface area contributed by atoms with Crippen LogP contribution in [-0.2, 0) is 38.1 Å². The number of fused-ring (bicyclic) bond motifs is 5. The molecular weight excluding hydrogens is 661 g/mol. The summed E-state index contributed by atoms with van der Waals surface area (Å²) in [7, 11) is -6.62. The van der Waals surface area contributed by atoms with E-state index in [1.54, 1.807) is 48.5 Å². The molecule has 0 bridgehead atoms. The van der Waals surface area contributed by atoms with Crippen molar-refractivity contribution in [1.82, 2.24) is 0 Å². The van der Waals surface area contributed by atoms with Gasteiger partial charge in [-0.25, -0.2) is 0 Å². The van der Waals surface area contributed by atoms with Crippen molar-refractivity contribution in [2.24, 2.45) is 46.3 Å². The number of rotatable bonds is 10. The molecule has 0 aliphatic heterocycles. The SMILES string of the molecule is COC(=O)CCC(C)C1CCC2C3CC(OS(=O)(=O)c4ccc(C)cc4)C4CC(OS(=O)(=O)c5ccc(C)cc5)CCC4(C)C3CCC12C. The Kier molecular flexibility index (Phi) is 10.2. The molecule has 10 unspecified atom stereocenters. The van der Waals surface area contributed by atoms with Crippen LogP contribution in [0.25, 0.3) is 0 Å². The first-order chi connectivity index (χ1) is 23.1. The number of methoxy groups -OCH3 is 1. The Morgan fingerprint density at radius 1 is 0.755 bits per heavy atom. The van der Waals surface area contributed by atoms with Crippen LogP contribution in [0, 0.1) is 60.2 Å². The van der Waals surface area contributed by atoms with E-state index in [1.807, 2.05) is 13.8 Å². The minimum absolute atomic E-state index is 0.0999. The van der Waals surface area contributed by atoms with Crippen molar-refractivity contribution < 1.29 is 34.7 Å². The standard InChI is InChI=1S/C39H54O8S2/c1-25-7-12-29(13-8-25)48(41,42)46-28-19-21-39(5)34-20-22-38(4)32(27(3)11-18-37(40)45-6)16-17-33(38)31(34)24-36(35(39)23-28)47-49(43,44)30-14-9-26(2)10-15-30/h7-10,12-15,27-28,31-36H,11,16-24H2,1-6H3. The summed E-state index contributed by atoms with van der Waals surface area (Å²) in [6.45, 7) is 10.8. The molecule has 0 amide bonds. The van der Waals surface area contributed by atoms with Gasteiger partial charge in [-0.3, -0.25) is 13.2 Å². The Balaban J connectivity index is 1.29. The summed E-state index contributed by atoms with van der Waals surface area (Å²) in [5.41, 5.74) is 1.81. The van der Waals surface area contributed by atoms with Crippen LogP contribution in [0.2, 0.25) is 0 Å². The second-order valence-electron chi connectivity index (χ2n) is 16.2. The van der Waals surface area contributed by atoms with Gasteiger partial charge in [-0.15, -0.1) is 0 Å². The second kappa shape index (κ2) is 13.7. The van der Waals surface area contributed by atoms with Gasteiger partial charge in [0.25, 0.3) is 20.2 Å². The minimum Gasteiger partial charge on any atom is -0.469 e. The Morgan fingerprint density at radius 2 is 1.31 bits per heavy atom. The molecule has 6 rings (SSSR count). The molecule has 10 atom stereocenters. The summed E-state index contributed by atoms with van der Waals surface area (Å²) in [5.74, 6) is 1.64. The predicted molar refractivity (Wildman–Crippen MR) is 187 cm³/mol. The van der Waals surface area contributed by atoms with Gasteiger partial charge in [-0.05, 0) is 142 Å². The molecule has 0 N–H and O–H groups in total. The third-order valence-electron chi connectivity index (χ3n) is 13.5. The second-order valence-corrected chi connectivity index (χ2v) is 19.4. The lowest BCUT2D eigenvalue weighted by Crippen LogP contribution is -2.59. The number of ether oxygens (including phenoxy) is 1. The number of hydrogen-bond acceptors (Lipinski definition) is 8. The number of esters is 1. The molecule has 8 nitrogen and oxygen atoms in total. The molecule has 2 aromatic rings. The topological polar surface area (TPSA) is 113 Å². The van der Waals surface area contributed by atoms with Crippen LogP contribution < -0.4 is 0 Å². The van der Waals surface area contributed by atoms with Gasteiger partial charge in [0.05, 0.1) is 29.1 Å². The first-order valence-electron chi connectivity index (χ1n) is 18.1. The zero-order valence-electron chi connectivity index (χ0n) is 29.9. The molecule has 270 valence electrons. The van der Waals surface area contributed by atoms with Crippen LogP contribution in [0.4, 0.5) is 0 Å². The molecule has 0 saturated heterocycles. The summed E-state index contributed by atoms with van der Waals surface area (Å²) >= 11 is 0. The third kappa shape index (κ3) is 7.01. The van der Waals surface area contributed by atoms with Crippen LogP contribution in [0.3, 0.4) is 0 Å². The predicted octanol–water partition coefficient (Wildman–Crippen LogP) is 8.01. The lowest BCUT2D eigenvalue weighted by Gasteiger charge is -2.62. The smallest absolute Gasteiger partial charge is 0.305 e. The highest BCUT2D eigenvalue weighted by Gasteiger charge is 2.63. The van der Waals surface area contributed by atoms with Crippen LogP contribution in [-0.4, -0.2) is 42.1 Å². The number of aryl methyl sites for hydroxylation is 2. The van der Waals surface area contributed by atoms with E-state index in [-0.39, 0.29) is 32.5 Å². The van der Waals surface area contributed by atoms with Crippen molar-refractivity contribution in [3.05, 3.63) is 59.7 Å². The lowest BCUT2D eigenvalue weighted by molar-refractivity contribution is -0.163.